The molecular formula is C22H18N4O4S2. The number of benzene rings is 1. The first-order valence-corrected chi connectivity index (χ1v) is 11.5. The summed E-state index contributed by atoms with van der Waals surface area (Å²) in [6.07, 6.45) is 0.832. The maximum absolute atomic E-state index is 12.8. The molecule has 4 rings (SSSR count). The predicted molar refractivity (Wildman–Crippen MR) is 121 cm³/mol. The number of aliphatic carboxylic acids is 1. The second-order valence-electron chi connectivity index (χ2n) is 7.23. The lowest BCUT2D eigenvalue weighted by Crippen LogP contribution is -2.40. The molecule has 1 saturated heterocycles. The van der Waals surface area contributed by atoms with Crippen molar-refractivity contribution in [3.63, 3.8) is 0 Å². The number of thiazole rings is 1. The molecule has 0 spiro atoms. The fraction of sp³-hybridized carbons (Fsp3) is 0.227. The van der Waals surface area contributed by atoms with Gasteiger partial charge in [0.1, 0.15) is 16.6 Å². The molecule has 1 fully saturated rings. The number of likely N-dealkylation sites (tertiary alicyclic amines) is 1. The highest BCUT2D eigenvalue weighted by Gasteiger charge is 2.27. The molecule has 0 radical (unpaired) electrons. The molecule has 0 atom stereocenters. The zero-order chi connectivity index (χ0) is 22.7. The third-order valence-electron chi connectivity index (χ3n) is 5.21. The molecule has 162 valence electrons. The number of nitrogens with one attached hydrogen (secondary N) is 1. The van der Waals surface area contributed by atoms with Crippen LogP contribution >= 0.6 is 22.7 Å². The van der Waals surface area contributed by atoms with Crippen molar-refractivity contribution in [1.29, 1.82) is 5.26 Å². The molecule has 3 heterocycles. The Bertz CT molecular complexity index is 1200. The van der Waals surface area contributed by atoms with Crippen molar-refractivity contribution < 1.29 is 19.5 Å². The number of hydrogen-bond acceptors (Lipinski definition) is 7. The molecule has 1 aromatic carbocycles. The number of hydrogen-bond donors (Lipinski definition) is 2. The molecule has 10 heteroatoms. The van der Waals surface area contributed by atoms with E-state index in [9.17, 15) is 19.6 Å². The Balaban J connectivity index is 1.47. The topological polar surface area (TPSA) is 123 Å². The number of nitriles is 1. The fourth-order valence-corrected chi connectivity index (χ4v) is 5.06. The first-order chi connectivity index (χ1) is 15.5. The Kier molecular flexibility index (Phi) is 6.30. The minimum Gasteiger partial charge on any atom is -0.481 e. The fourth-order valence-electron chi connectivity index (χ4n) is 3.50. The van der Waals surface area contributed by atoms with Crippen LogP contribution in [0, 0.1) is 17.2 Å². The quantitative estimate of drug-likeness (QED) is 0.587. The van der Waals surface area contributed by atoms with Gasteiger partial charge in [0.2, 0.25) is 0 Å². The van der Waals surface area contributed by atoms with Crippen molar-refractivity contribution in [3.8, 4) is 16.6 Å². The van der Waals surface area contributed by atoms with Gasteiger partial charge in [-0.2, -0.15) is 5.26 Å². The van der Waals surface area contributed by atoms with Gasteiger partial charge < -0.3 is 10.0 Å². The van der Waals surface area contributed by atoms with Gasteiger partial charge in [-0.25, -0.2) is 4.98 Å². The second-order valence-corrected chi connectivity index (χ2v) is 9.17. The number of amides is 2. The SMILES string of the molecule is N#Cc1sc(NC(=O)c2cccc(C(=O)N3CCC(C(=O)O)CC3)c2)nc1-c1cccs1. The van der Waals surface area contributed by atoms with E-state index >= 15 is 0 Å². The third-order valence-corrected chi connectivity index (χ3v) is 6.96. The third kappa shape index (κ3) is 4.54. The normalized spacial score (nSPS) is 14.0. The monoisotopic (exact) mass is 466 g/mol. The summed E-state index contributed by atoms with van der Waals surface area (Å²) in [7, 11) is 0. The van der Waals surface area contributed by atoms with Crippen molar-refractivity contribution in [2.75, 3.05) is 18.4 Å². The van der Waals surface area contributed by atoms with E-state index in [0.717, 1.165) is 16.2 Å². The summed E-state index contributed by atoms with van der Waals surface area (Å²) in [5, 5.41) is 23.4. The molecule has 0 aliphatic carbocycles. The van der Waals surface area contributed by atoms with Gasteiger partial charge in [-0.1, -0.05) is 23.5 Å². The zero-order valence-electron chi connectivity index (χ0n) is 16.8. The van der Waals surface area contributed by atoms with E-state index in [4.69, 9.17) is 5.11 Å². The van der Waals surface area contributed by atoms with E-state index in [-0.39, 0.29) is 5.91 Å². The van der Waals surface area contributed by atoms with Crippen molar-refractivity contribution in [1.82, 2.24) is 9.88 Å². The Morgan fingerprint density at radius 3 is 2.56 bits per heavy atom. The van der Waals surface area contributed by atoms with Crippen molar-refractivity contribution in [3.05, 3.63) is 57.8 Å². The molecule has 0 unspecified atom stereocenters. The van der Waals surface area contributed by atoms with Crippen molar-refractivity contribution in [2.45, 2.75) is 12.8 Å². The van der Waals surface area contributed by atoms with Crippen LogP contribution in [0.15, 0.2) is 41.8 Å². The van der Waals surface area contributed by atoms with E-state index in [2.05, 4.69) is 16.4 Å². The average molecular weight is 467 g/mol. The van der Waals surface area contributed by atoms with E-state index in [1.165, 1.54) is 17.4 Å². The maximum atomic E-state index is 12.8. The first-order valence-electron chi connectivity index (χ1n) is 9.84. The smallest absolute Gasteiger partial charge is 0.306 e. The number of thiophene rings is 1. The highest BCUT2D eigenvalue weighted by atomic mass is 32.1. The molecule has 0 saturated carbocycles. The van der Waals surface area contributed by atoms with Crippen LogP contribution in [0.25, 0.3) is 10.6 Å². The highest BCUT2D eigenvalue weighted by molar-refractivity contribution is 7.18. The molecule has 2 aromatic heterocycles. The molecular weight excluding hydrogens is 448 g/mol. The summed E-state index contributed by atoms with van der Waals surface area (Å²) in [5.41, 5.74) is 1.20. The molecule has 2 N–H and O–H groups in total. The molecule has 3 aromatic rings. The number of nitrogens with zero attached hydrogens (tertiary/aromatic N) is 3. The minimum atomic E-state index is -0.834. The van der Waals surface area contributed by atoms with Crippen LogP contribution in [-0.4, -0.2) is 45.9 Å². The van der Waals surface area contributed by atoms with Crippen molar-refractivity contribution >= 4 is 45.6 Å². The maximum Gasteiger partial charge on any atom is 0.306 e. The van der Waals surface area contributed by atoms with Crippen LogP contribution in [0.3, 0.4) is 0 Å². The number of anilines is 1. The lowest BCUT2D eigenvalue weighted by Gasteiger charge is -2.30. The average Bonchev–Trinajstić information content (AvgIpc) is 3.48. The molecule has 32 heavy (non-hydrogen) atoms. The van der Waals surface area contributed by atoms with Gasteiger partial charge in [-0.3, -0.25) is 19.7 Å². The Morgan fingerprint density at radius 2 is 1.91 bits per heavy atom. The number of aromatic nitrogens is 1. The van der Waals surface area contributed by atoms with E-state index in [1.54, 1.807) is 23.1 Å². The van der Waals surface area contributed by atoms with Crippen LogP contribution in [0.5, 0.6) is 0 Å². The van der Waals surface area contributed by atoms with Crippen LogP contribution < -0.4 is 5.32 Å². The van der Waals surface area contributed by atoms with E-state index < -0.39 is 17.8 Å². The number of piperidine rings is 1. The molecule has 1 aliphatic heterocycles. The Labute approximate surface area is 191 Å². The van der Waals surface area contributed by atoms with Crippen LogP contribution in [0.4, 0.5) is 5.13 Å². The van der Waals surface area contributed by atoms with Crippen LogP contribution in [-0.2, 0) is 4.79 Å². The molecule has 2 amide bonds. The van der Waals surface area contributed by atoms with Gasteiger partial charge in [-0.15, -0.1) is 11.3 Å². The summed E-state index contributed by atoms with van der Waals surface area (Å²) in [5.74, 6) is -1.92. The van der Waals surface area contributed by atoms with Gasteiger partial charge >= 0.3 is 5.97 Å². The van der Waals surface area contributed by atoms with Gasteiger partial charge in [0.25, 0.3) is 11.8 Å². The second kappa shape index (κ2) is 9.30. The standard InChI is InChI=1S/C22H18N4O4S2/c23-12-17-18(16-5-2-10-31-16)24-22(32-17)25-19(27)14-3-1-4-15(11-14)20(28)26-8-6-13(7-9-26)21(29)30/h1-5,10-11,13H,6-9H2,(H,29,30)(H,24,25,27). The number of carbonyl (C=O) groups excluding carboxylic acids is 2. The summed E-state index contributed by atoms with van der Waals surface area (Å²) in [4.78, 5) is 44.0. The van der Waals surface area contributed by atoms with E-state index in [1.807, 2.05) is 17.5 Å². The Hall–Kier alpha value is -3.55. The number of carbonyl (C=O) groups is 3. The number of carboxylic acids is 1. The molecule has 0 bridgehead atoms. The summed E-state index contributed by atoms with van der Waals surface area (Å²) < 4.78 is 0. The Morgan fingerprint density at radius 1 is 1.16 bits per heavy atom. The summed E-state index contributed by atoms with van der Waals surface area (Å²) in [6, 6.07) is 12.2. The van der Waals surface area contributed by atoms with Gasteiger partial charge in [-0.05, 0) is 42.5 Å². The zero-order valence-corrected chi connectivity index (χ0v) is 18.4. The van der Waals surface area contributed by atoms with Crippen LogP contribution in [0.1, 0.15) is 38.4 Å². The van der Waals surface area contributed by atoms with Gasteiger partial charge in [0.15, 0.2) is 5.13 Å². The molecule has 1 aliphatic rings. The van der Waals surface area contributed by atoms with Gasteiger partial charge in [0.05, 0.1) is 10.8 Å². The molecule has 8 nitrogen and oxygen atoms in total. The van der Waals surface area contributed by atoms with Crippen molar-refractivity contribution in [2.24, 2.45) is 5.92 Å². The van der Waals surface area contributed by atoms with Gasteiger partial charge in [0, 0.05) is 24.2 Å². The number of rotatable bonds is 5. The van der Waals surface area contributed by atoms with Crippen LogP contribution in [0.2, 0.25) is 0 Å². The minimum absolute atomic E-state index is 0.232. The number of carboxylic acid groups (broad SMARTS) is 1. The largest absolute Gasteiger partial charge is 0.481 e. The van der Waals surface area contributed by atoms with E-state index in [0.29, 0.717) is 52.8 Å². The lowest BCUT2D eigenvalue weighted by atomic mass is 9.96. The first kappa shape index (κ1) is 21.7. The summed E-state index contributed by atoms with van der Waals surface area (Å²) >= 11 is 2.56. The lowest BCUT2D eigenvalue weighted by molar-refractivity contribution is -0.143. The highest BCUT2D eigenvalue weighted by Crippen LogP contribution is 2.33. The summed E-state index contributed by atoms with van der Waals surface area (Å²) in [6.45, 7) is 0.738. The predicted octanol–water partition coefficient (Wildman–Crippen LogP) is 3.93.